The maximum absolute atomic E-state index is 15.0. The van der Waals surface area contributed by atoms with Gasteiger partial charge in [0.25, 0.3) is 5.91 Å². The number of amides is 2. The monoisotopic (exact) mass is 712 g/mol. The van der Waals surface area contributed by atoms with E-state index in [1.807, 2.05) is 5.32 Å². The minimum atomic E-state index is -5.29. The molecule has 3 rings (SSSR count). The van der Waals surface area contributed by atoms with Gasteiger partial charge in [0, 0.05) is 14.5 Å². The Morgan fingerprint density at radius 2 is 1.55 bits per heavy atom. The molecule has 1 unspecified atom stereocenters. The van der Waals surface area contributed by atoms with Crippen LogP contribution in [0.2, 0.25) is 0 Å². The molecule has 2 N–H and O–H groups in total. The molecule has 2 aromatic rings. The average molecular weight is 714 g/mol. The Balaban J connectivity index is 1.94. The van der Waals surface area contributed by atoms with Crippen LogP contribution in [0.5, 0.6) is 0 Å². The topological polar surface area (TPSA) is 58.2 Å². The molecule has 0 aliphatic heterocycles. The Morgan fingerprint density at radius 3 is 2.05 bits per heavy atom. The lowest BCUT2D eigenvalue weighted by molar-refractivity contribution is -0.140. The van der Waals surface area contributed by atoms with E-state index in [0.29, 0.717) is 16.6 Å². The van der Waals surface area contributed by atoms with Gasteiger partial charge < -0.3 is 10.6 Å². The van der Waals surface area contributed by atoms with E-state index < -0.39 is 76.4 Å². The first kappa shape index (κ1) is 31.9. The SMILES string of the molecule is O=C(NC1(C(=O)NCC(F)(F)F)CC1)c1ccc(C(F)=CC(c2ccc(Br)c(Br)c2)C(F)(F)F)cc1C(F)(F)F. The quantitative estimate of drug-likeness (QED) is 0.288. The van der Waals surface area contributed by atoms with Crippen LogP contribution in [-0.4, -0.2) is 36.3 Å². The van der Waals surface area contributed by atoms with E-state index in [1.165, 1.54) is 6.07 Å². The summed E-state index contributed by atoms with van der Waals surface area (Å²) in [4.78, 5) is 24.7. The van der Waals surface area contributed by atoms with Crippen LogP contribution >= 0.6 is 31.9 Å². The molecular formula is C24H16Br2F10N2O2. The molecule has 218 valence electrons. The van der Waals surface area contributed by atoms with Gasteiger partial charge in [0.05, 0.1) is 11.1 Å². The third-order valence-electron chi connectivity index (χ3n) is 5.80. The Morgan fingerprint density at radius 1 is 0.925 bits per heavy atom. The highest BCUT2D eigenvalue weighted by molar-refractivity contribution is 9.13. The van der Waals surface area contributed by atoms with Gasteiger partial charge in [-0.3, -0.25) is 9.59 Å². The summed E-state index contributed by atoms with van der Waals surface area (Å²) in [5, 5.41) is 3.53. The van der Waals surface area contributed by atoms with E-state index in [0.717, 1.165) is 12.1 Å². The summed E-state index contributed by atoms with van der Waals surface area (Å²) in [5.41, 5.74) is -6.04. The summed E-state index contributed by atoms with van der Waals surface area (Å²) < 4.78 is 135. The second-order valence-electron chi connectivity index (χ2n) is 8.80. The summed E-state index contributed by atoms with van der Waals surface area (Å²) in [5.74, 6) is -6.95. The first-order valence-electron chi connectivity index (χ1n) is 11.0. The molecule has 1 aliphatic carbocycles. The third kappa shape index (κ3) is 7.77. The number of benzene rings is 2. The fraction of sp³-hybridized carbons (Fsp3) is 0.333. The molecule has 0 bridgehead atoms. The predicted molar refractivity (Wildman–Crippen MR) is 130 cm³/mol. The number of carbonyl (C=O) groups is 2. The molecule has 16 heteroatoms. The van der Waals surface area contributed by atoms with Gasteiger partial charge in [-0.05, 0) is 80.6 Å². The fourth-order valence-corrected chi connectivity index (χ4v) is 4.26. The van der Waals surface area contributed by atoms with Gasteiger partial charge in [0.2, 0.25) is 5.91 Å². The summed E-state index contributed by atoms with van der Waals surface area (Å²) >= 11 is 6.11. The van der Waals surface area contributed by atoms with E-state index >= 15 is 0 Å². The largest absolute Gasteiger partial charge is 0.417 e. The molecule has 2 aromatic carbocycles. The molecule has 1 saturated carbocycles. The number of rotatable bonds is 7. The summed E-state index contributed by atoms with van der Waals surface area (Å²) in [6.45, 7) is -1.73. The molecule has 0 spiro atoms. The van der Waals surface area contributed by atoms with Crippen molar-refractivity contribution in [2.75, 3.05) is 6.54 Å². The Kier molecular flexibility index (Phi) is 9.04. The molecule has 1 aliphatic rings. The van der Waals surface area contributed by atoms with Crippen molar-refractivity contribution >= 4 is 49.5 Å². The van der Waals surface area contributed by atoms with Crippen LogP contribution in [0, 0.1) is 0 Å². The molecule has 1 fully saturated rings. The van der Waals surface area contributed by atoms with Crippen LogP contribution in [0.3, 0.4) is 0 Å². The van der Waals surface area contributed by atoms with Crippen molar-refractivity contribution in [3.63, 3.8) is 0 Å². The first-order valence-corrected chi connectivity index (χ1v) is 12.6. The smallest absolute Gasteiger partial charge is 0.345 e. The highest BCUT2D eigenvalue weighted by atomic mass is 79.9. The number of hydrogen-bond donors (Lipinski definition) is 2. The third-order valence-corrected chi connectivity index (χ3v) is 7.68. The number of hydrogen-bond acceptors (Lipinski definition) is 2. The normalized spacial score (nSPS) is 16.4. The maximum Gasteiger partial charge on any atom is 0.417 e. The second-order valence-corrected chi connectivity index (χ2v) is 10.5. The number of halogens is 12. The van der Waals surface area contributed by atoms with Gasteiger partial charge in [-0.25, -0.2) is 4.39 Å². The van der Waals surface area contributed by atoms with E-state index in [9.17, 15) is 53.5 Å². The van der Waals surface area contributed by atoms with E-state index in [1.54, 1.807) is 5.32 Å². The Hall–Kier alpha value is -2.62. The van der Waals surface area contributed by atoms with Crippen molar-refractivity contribution < 1.29 is 53.5 Å². The minimum Gasteiger partial charge on any atom is -0.345 e. The number of carbonyl (C=O) groups excluding carboxylic acids is 2. The van der Waals surface area contributed by atoms with Gasteiger partial charge >= 0.3 is 18.5 Å². The standard InChI is InChI=1S/C24H16Br2F10N2O2/c25-16-4-2-11(8-17(16)26)14(23(31,32)33)9-18(27)12-1-3-13(15(7-12)24(34,35)36)19(39)38-21(5-6-21)20(40)37-10-22(28,29)30/h1-4,7-9,14H,5-6,10H2,(H,37,40)(H,38,39). The molecule has 0 radical (unpaired) electrons. The molecule has 0 aromatic heterocycles. The van der Waals surface area contributed by atoms with Crippen LogP contribution in [0.15, 0.2) is 51.4 Å². The van der Waals surface area contributed by atoms with Gasteiger partial charge in [0.1, 0.15) is 23.8 Å². The van der Waals surface area contributed by atoms with Crippen LogP contribution in [0.25, 0.3) is 5.83 Å². The Bertz CT molecular complexity index is 1330. The van der Waals surface area contributed by atoms with Crippen molar-refractivity contribution in [2.24, 2.45) is 0 Å². The van der Waals surface area contributed by atoms with Crippen molar-refractivity contribution in [3.8, 4) is 0 Å². The minimum absolute atomic E-state index is 0.0923. The molecule has 1 atom stereocenters. The number of allylic oxidation sites excluding steroid dienone is 1. The zero-order valence-corrected chi connectivity index (χ0v) is 22.8. The zero-order chi connectivity index (χ0) is 30.3. The lowest BCUT2D eigenvalue weighted by atomic mass is 9.95. The molecule has 0 heterocycles. The summed E-state index contributed by atoms with van der Waals surface area (Å²) in [6, 6.07) is 4.64. The lowest BCUT2D eigenvalue weighted by Gasteiger charge is -2.20. The van der Waals surface area contributed by atoms with Gasteiger partial charge in [-0.1, -0.05) is 12.1 Å². The molecular weight excluding hydrogens is 698 g/mol. The van der Waals surface area contributed by atoms with Gasteiger partial charge in [-0.2, -0.15) is 39.5 Å². The van der Waals surface area contributed by atoms with E-state index in [2.05, 4.69) is 31.9 Å². The molecule has 40 heavy (non-hydrogen) atoms. The fourth-order valence-electron chi connectivity index (χ4n) is 3.62. The second kappa shape index (κ2) is 11.3. The summed E-state index contributed by atoms with van der Waals surface area (Å²) in [7, 11) is 0. The predicted octanol–water partition coefficient (Wildman–Crippen LogP) is 7.83. The van der Waals surface area contributed by atoms with Crippen LogP contribution in [-0.2, 0) is 11.0 Å². The Labute approximate surface area is 236 Å². The number of nitrogens with one attached hydrogen (secondary N) is 2. The van der Waals surface area contributed by atoms with Gasteiger partial charge in [0.15, 0.2) is 0 Å². The van der Waals surface area contributed by atoms with Crippen LogP contribution in [0.1, 0.15) is 45.8 Å². The maximum atomic E-state index is 15.0. The van der Waals surface area contributed by atoms with Crippen LogP contribution in [0.4, 0.5) is 43.9 Å². The average Bonchev–Trinajstić information content (AvgIpc) is 3.61. The van der Waals surface area contributed by atoms with Crippen LogP contribution < -0.4 is 10.6 Å². The van der Waals surface area contributed by atoms with E-state index in [-0.39, 0.29) is 29.5 Å². The van der Waals surface area contributed by atoms with Crippen molar-refractivity contribution in [1.82, 2.24) is 10.6 Å². The highest BCUT2D eigenvalue weighted by Gasteiger charge is 2.52. The van der Waals surface area contributed by atoms with Crippen molar-refractivity contribution in [1.29, 1.82) is 0 Å². The van der Waals surface area contributed by atoms with Gasteiger partial charge in [-0.15, -0.1) is 0 Å². The number of alkyl halides is 9. The highest BCUT2D eigenvalue weighted by Crippen LogP contribution is 2.42. The first-order chi connectivity index (χ1) is 18.2. The zero-order valence-electron chi connectivity index (χ0n) is 19.6. The van der Waals surface area contributed by atoms with E-state index in [4.69, 9.17) is 0 Å². The van der Waals surface area contributed by atoms with Crippen molar-refractivity contribution in [3.05, 3.63) is 73.7 Å². The summed E-state index contributed by atoms with van der Waals surface area (Å²) in [6.07, 6.45) is -15.3. The van der Waals surface area contributed by atoms with Crippen molar-refractivity contribution in [2.45, 2.75) is 42.8 Å². The molecule has 4 nitrogen and oxygen atoms in total. The molecule has 0 saturated heterocycles. The lowest BCUT2D eigenvalue weighted by Crippen LogP contribution is -2.51. The molecule has 2 amide bonds.